The second-order valence-corrected chi connectivity index (χ2v) is 5.00. The largest absolute Gasteiger partial charge is 0.247 e. The lowest BCUT2D eigenvalue weighted by molar-refractivity contribution is 1.26. The first-order chi connectivity index (χ1) is 7.38. The van der Waals surface area contributed by atoms with Gasteiger partial charge < -0.3 is 0 Å². The minimum atomic E-state index is 0.679. The van der Waals surface area contributed by atoms with Crippen LogP contribution in [0.15, 0.2) is 41.4 Å². The van der Waals surface area contributed by atoms with Crippen molar-refractivity contribution in [2.75, 3.05) is 0 Å². The average Bonchev–Trinajstić information content (AvgIpc) is 2.76. The second-order valence-electron chi connectivity index (χ2n) is 2.83. The van der Waals surface area contributed by atoms with Gasteiger partial charge in [0.05, 0.1) is 11.9 Å². The van der Waals surface area contributed by atoms with Crippen molar-refractivity contribution in [3.05, 3.63) is 46.4 Å². The SMILES string of the molecule is N#Cc1cnc(CSc2ccccc2)s1. The van der Waals surface area contributed by atoms with E-state index in [9.17, 15) is 0 Å². The van der Waals surface area contributed by atoms with Gasteiger partial charge in [0, 0.05) is 4.90 Å². The molecule has 0 saturated heterocycles. The number of hydrogen-bond donors (Lipinski definition) is 0. The maximum atomic E-state index is 8.65. The van der Waals surface area contributed by atoms with Gasteiger partial charge >= 0.3 is 0 Å². The van der Waals surface area contributed by atoms with Crippen LogP contribution in [0, 0.1) is 11.3 Å². The summed E-state index contributed by atoms with van der Waals surface area (Å²) in [6.07, 6.45) is 1.63. The summed E-state index contributed by atoms with van der Waals surface area (Å²) in [4.78, 5) is 6.08. The number of aromatic nitrogens is 1. The molecule has 0 amide bonds. The molecule has 0 aliphatic heterocycles. The van der Waals surface area contributed by atoms with Gasteiger partial charge in [-0.15, -0.1) is 23.1 Å². The maximum Gasteiger partial charge on any atom is 0.124 e. The average molecular weight is 232 g/mol. The van der Waals surface area contributed by atoms with E-state index in [0.717, 1.165) is 10.8 Å². The molecule has 4 heteroatoms. The Labute approximate surface area is 96.6 Å². The Balaban J connectivity index is 1.97. The van der Waals surface area contributed by atoms with Crippen LogP contribution >= 0.6 is 23.1 Å². The molecule has 74 valence electrons. The predicted octanol–water partition coefficient (Wildman–Crippen LogP) is 3.31. The predicted molar refractivity (Wildman–Crippen MR) is 62.8 cm³/mol. The van der Waals surface area contributed by atoms with Gasteiger partial charge in [-0.2, -0.15) is 5.26 Å². The highest BCUT2D eigenvalue weighted by molar-refractivity contribution is 7.98. The second kappa shape index (κ2) is 4.96. The number of nitriles is 1. The quantitative estimate of drug-likeness (QED) is 0.762. The van der Waals surface area contributed by atoms with Crippen molar-refractivity contribution in [2.45, 2.75) is 10.6 Å². The summed E-state index contributed by atoms with van der Waals surface area (Å²) in [5.41, 5.74) is 0. The molecule has 0 aliphatic carbocycles. The summed E-state index contributed by atoms with van der Waals surface area (Å²) in [7, 11) is 0. The number of thiazole rings is 1. The van der Waals surface area contributed by atoms with Crippen LogP contribution in [0.2, 0.25) is 0 Å². The number of hydrogen-bond acceptors (Lipinski definition) is 4. The molecule has 0 bridgehead atoms. The first-order valence-corrected chi connectivity index (χ1v) is 6.21. The van der Waals surface area contributed by atoms with E-state index in [1.54, 1.807) is 18.0 Å². The van der Waals surface area contributed by atoms with E-state index in [-0.39, 0.29) is 0 Å². The standard InChI is InChI=1S/C11H8N2S2/c12-6-10-7-13-11(15-10)8-14-9-4-2-1-3-5-9/h1-5,7H,8H2. The first-order valence-electron chi connectivity index (χ1n) is 4.41. The molecule has 2 nitrogen and oxygen atoms in total. The van der Waals surface area contributed by atoms with Crippen LogP contribution in [-0.2, 0) is 5.75 Å². The van der Waals surface area contributed by atoms with E-state index in [2.05, 4.69) is 23.2 Å². The van der Waals surface area contributed by atoms with Crippen molar-refractivity contribution in [2.24, 2.45) is 0 Å². The van der Waals surface area contributed by atoms with Gasteiger partial charge in [0.15, 0.2) is 0 Å². The Morgan fingerprint density at radius 1 is 1.33 bits per heavy atom. The lowest BCUT2D eigenvalue weighted by Gasteiger charge is -1.97. The molecule has 1 aromatic heterocycles. The third-order valence-electron chi connectivity index (χ3n) is 1.77. The summed E-state index contributed by atoms with van der Waals surface area (Å²) in [6.45, 7) is 0. The molecule has 2 rings (SSSR count). The molecule has 1 heterocycles. The summed E-state index contributed by atoms with van der Waals surface area (Å²) in [5.74, 6) is 0.830. The molecule has 0 atom stereocenters. The normalized spacial score (nSPS) is 9.80. The van der Waals surface area contributed by atoms with E-state index in [0.29, 0.717) is 4.88 Å². The van der Waals surface area contributed by atoms with Gasteiger partial charge in [-0.05, 0) is 12.1 Å². The Morgan fingerprint density at radius 3 is 2.80 bits per heavy atom. The smallest absolute Gasteiger partial charge is 0.124 e. The molecule has 1 aromatic carbocycles. The topological polar surface area (TPSA) is 36.7 Å². The number of thioether (sulfide) groups is 1. The number of benzene rings is 1. The third kappa shape index (κ3) is 2.82. The molecule has 0 fully saturated rings. The first kappa shape index (κ1) is 10.2. The van der Waals surface area contributed by atoms with Crippen LogP contribution in [0.25, 0.3) is 0 Å². The van der Waals surface area contributed by atoms with E-state index in [1.807, 2.05) is 18.2 Å². The van der Waals surface area contributed by atoms with E-state index >= 15 is 0 Å². The molecular formula is C11H8N2S2. The van der Waals surface area contributed by atoms with Crippen molar-refractivity contribution < 1.29 is 0 Å². The lowest BCUT2D eigenvalue weighted by atomic mass is 10.4. The fourth-order valence-corrected chi connectivity index (χ4v) is 2.73. The van der Waals surface area contributed by atoms with Crippen molar-refractivity contribution in [3.8, 4) is 6.07 Å². The Morgan fingerprint density at radius 2 is 2.13 bits per heavy atom. The van der Waals surface area contributed by atoms with Crippen molar-refractivity contribution >= 4 is 23.1 Å². The molecule has 0 spiro atoms. The van der Waals surface area contributed by atoms with Gasteiger partial charge in [0.1, 0.15) is 16.0 Å². The molecule has 0 aliphatic rings. The van der Waals surface area contributed by atoms with E-state index in [4.69, 9.17) is 5.26 Å². The Bertz CT molecular complexity index is 471. The van der Waals surface area contributed by atoms with Gasteiger partial charge in [0.25, 0.3) is 0 Å². The van der Waals surface area contributed by atoms with E-state index in [1.165, 1.54) is 16.2 Å². The monoisotopic (exact) mass is 232 g/mol. The number of nitrogens with zero attached hydrogens (tertiary/aromatic N) is 2. The van der Waals surface area contributed by atoms with Crippen LogP contribution in [0.3, 0.4) is 0 Å². The van der Waals surface area contributed by atoms with Crippen LogP contribution in [0.4, 0.5) is 0 Å². The van der Waals surface area contributed by atoms with Gasteiger partial charge in [-0.3, -0.25) is 0 Å². The zero-order valence-electron chi connectivity index (χ0n) is 7.88. The van der Waals surface area contributed by atoms with Crippen LogP contribution in [0.5, 0.6) is 0 Å². The van der Waals surface area contributed by atoms with Crippen molar-refractivity contribution in [1.82, 2.24) is 4.98 Å². The highest BCUT2D eigenvalue weighted by Gasteiger charge is 2.01. The van der Waals surface area contributed by atoms with Crippen molar-refractivity contribution in [3.63, 3.8) is 0 Å². The van der Waals surface area contributed by atoms with Crippen LogP contribution in [-0.4, -0.2) is 4.98 Å². The minimum Gasteiger partial charge on any atom is -0.247 e. The van der Waals surface area contributed by atoms with Gasteiger partial charge in [0.2, 0.25) is 0 Å². The minimum absolute atomic E-state index is 0.679. The highest BCUT2D eigenvalue weighted by Crippen LogP contribution is 2.24. The highest BCUT2D eigenvalue weighted by atomic mass is 32.2. The molecular weight excluding hydrogens is 224 g/mol. The zero-order valence-corrected chi connectivity index (χ0v) is 9.52. The van der Waals surface area contributed by atoms with Crippen LogP contribution in [0.1, 0.15) is 9.88 Å². The molecule has 15 heavy (non-hydrogen) atoms. The molecule has 0 unspecified atom stereocenters. The summed E-state index contributed by atoms with van der Waals surface area (Å²) in [6, 6.07) is 12.3. The summed E-state index contributed by atoms with van der Waals surface area (Å²) >= 11 is 3.19. The fourth-order valence-electron chi connectivity index (χ4n) is 1.09. The fraction of sp³-hybridized carbons (Fsp3) is 0.0909. The number of rotatable bonds is 3. The van der Waals surface area contributed by atoms with Crippen molar-refractivity contribution in [1.29, 1.82) is 5.26 Å². The molecule has 0 radical (unpaired) electrons. The lowest BCUT2D eigenvalue weighted by Crippen LogP contribution is -1.76. The Kier molecular flexibility index (Phi) is 3.38. The summed E-state index contributed by atoms with van der Waals surface area (Å²) < 4.78 is 0. The van der Waals surface area contributed by atoms with Gasteiger partial charge in [-0.25, -0.2) is 4.98 Å². The van der Waals surface area contributed by atoms with Gasteiger partial charge in [-0.1, -0.05) is 18.2 Å². The van der Waals surface area contributed by atoms with E-state index < -0.39 is 0 Å². The molecule has 0 saturated carbocycles. The zero-order chi connectivity index (χ0) is 10.5. The summed E-state index contributed by atoms with van der Waals surface area (Å²) in [5, 5.41) is 9.65. The molecule has 0 N–H and O–H groups in total. The third-order valence-corrected chi connectivity index (χ3v) is 3.88. The van der Waals surface area contributed by atoms with Crippen LogP contribution < -0.4 is 0 Å². The maximum absolute atomic E-state index is 8.65. The Hall–Kier alpha value is -1.31. The molecule has 2 aromatic rings.